The van der Waals surface area contributed by atoms with Gasteiger partial charge in [0.1, 0.15) is 5.54 Å². The smallest absolute Gasteiger partial charge is 0.390 e. The summed E-state index contributed by atoms with van der Waals surface area (Å²) in [7, 11) is 0. The molecule has 6 nitrogen and oxygen atoms in total. The van der Waals surface area contributed by atoms with Crippen LogP contribution >= 0.6 is 11.8 Å². The molecule has 0 saturated carbocycles. The molecule has 2 N–H and O–H groups in total. The topological polar surface area (TPSA) is 82.5 Å². The van der Waals surface area contributed by atoms with E-state index < -0.39 is 23.0 Å². The molecule has 0 spiro atoms. The predicted molar refractivity (Wildman–Crippen MR) is 96.6 cm³/mol. The number of hydrogen-bond donors (Lipinski definition) is 2. The van der Waals surface area contributed by atoms with Gasteiger partial charge in [0.05, 0.1) is 18.0 Å². The number of hydrogen-bond acceptors (Lipinski definition) is 5. The Morgan fingerprint density at radius 2 is 1.89 bits per heavy atom. The van der Waals surface area contributed by atoms with Gasteiger partial charge in [-0.15, -0.1) is 0 Å². The maximum Gasteiger partial charge on any atom is 0.446 e. The van der Waals surface area contributed by atoms with E-state index in [0.717, 1.165) is 4.90 Å². The van der Waals surface area contributed by atoms with Crippen LogP contribution in [0.25, 0.3) is 0 Å². The normalized spacial score (nSPS) is 19.8. The fourth-order valence-corrected chi connectivity index (χ4v) is 3.51. The highest BCUT2D eigenvalue weighted by Crippen LogP contribution is 2.38. The highest BCUT2D eigenvalue weighted by Gasteiger charge is 2.48. The van der Waals surface area contributed by atoms with Crippen LogP contribution in [-0.2, 0) is 17.8 Å². The molecule has 1 atom stereocenters. The van der Waals surface area contributed by atoms with Crippen molar-refractivity contribution < 1.29 is 27.9 Å². The number of thioether (sulfide) groups is 1. The van der Waals surface area contributed by atoms with Crippen molar-refractivity contribution in [1.82, 2.24) is 10.3 Å². The summed E-state index contributed by atoms with van der Waals surface area (Å²) >= 11 is -0.272. The second kappa shape index (κ2) is 7.44. The van der Waals surface area contributed by atoms with Crippen molar-refractivity contribution >= 4 is 29.4 Å². The van der Waals surface area contributed by atoms with Crippen LogP contribution in [0.1, 0.15) is 18.2 Å². The van der Waals surface area contributed by atoms with Crippen molar-refractivity contribution in [2.75, 3.05) is 4.90 Å². The van der Waals surface area contributed by atoms with E-state index in [2.05, 4.69) is 10.3 Å². The number of urea groups is 1. The first-order valence-corrected chi connectivity index (χ1v) is 9.00. The molecule has 1 aromatic carbocycles. The Labute approximate surface area is 162 Å². The summed E-state index contributed by atoms with van der Waals surface area (Å²) in [5, 5.41) is 11.8. The number of carbonyl (C=O) groups is 2. The molecule has 2 heterocycles. The van der Waals surface area contributed by atoms with Crippen LogP contribution in [0.3, 0.4) is 0 Å². The van der Waals surface area contributed by atoms with Crippen molar-refractivity contribution in [2.24, 2.45) is 0 Å². The molecule has 0 bridgehead atoms. The van der Waals surface area contributed by atoms with Gasteiger partial charge in [0.15, 0.2) is 0 Å². The Balaban J connectivity index is 1.80. The summed E-state index contributed by atoms with van der Waals surface area (Å²) in [6.45, 7) is 1.32. The number of imide groups is 1. The van der Waals surface area contributed by atoms with Crippen LogP contribution < -0.4 is 10.2 Å². The Hall–Kier alpha value is -2.59. The van der Waals surface area contributed by atoms with E-state index in [4.69, 9.17) is 0 Å². The van der Waals surface area contributed by atoms with Crippen LogP contribution in [0.5, 0.6) is 0 Å². The fourth-order valence-electron chi connectivity index (χ4n) is 2.97. The number of benzene rings is 1. The molecule has 28 heavy (non-hydrogen) atoms. The third-order valence-electron chi connectivity index (χ3n) is 4.19. The third kappa shape index (κ3) is 4.28. The number of anilines is 1. The lowest BCUT2D eigenvalue weighted by Crippen LogP contribution is -2.46. The molecule has 1 unspecified atom stereocenters. The van der Waals surface area contributed by atoms with Crippen molar-refractivity contribution in [3.8, 4) is 0 Å². The van der Waals surface area contributed by atoms with Gasteiger partial charge in [-0.1, -0.05) is 0 Å². The van der Waals surface area contributed by atoms with Crippen molar-refractivity contribution in [3.63, 3.8) is 0 Å². The van der Waals surface area contributed by atoms with Crippen LogP contribution in [-0.4, -0.2) is 33.1 Å². The first-order chi connectivity index (χ1) is 13.1. The summed E-state index contributed by atoms with van der Waals surface area (Å²) in [5.74, 6) is -0.518. The Morgan fingerprint density at radius 3 is 2.50 bits per heavy atom. The van der Waals surface area contributed by atoms with E-state index >= 15 is 0 Å². The van der Waals surface area contributed by atoms with Gasteiger partial charge < -0.3 is 10.4 Å². The van der Waals surface area contributed by atoms with Gasteiger partial charge in [-0.25, -0.2) is 9.69 Å². The highest BCUT2D eigenvalue weighted by molar-refractivity contribution is 8.00. The molecular weight excluding hydrogens is 395 g/mol. The quantitative estimate of drug-likeness (QED) is 0.583. The molecule has 3 rings (SSSR count). The van der Waals surface area contributed by atoms with Crippen molar-refractivity contribution in [2.45, 2.75) is 35.9 Å². The minimum absolute atomic E-state index is 0.0422. The van der Waals surface area contributed by atoms with E-state index in [1.807, 2.05) is 0 Å². The Kier molecular flexibility index (Phi) is 5.35. The number of nitrogens with one attached hydrogen (secondary N) is 1. The molecule has 1 aliphatic rings. The van der Waals surface area contributed by atoms with E-state index in [1.54, 1.807) is 19.1 Å². The molecule has 1 fully saturated rings. The van der Waals surface area contributed by atoms with E-state index in [9.17, 15) is 27.9 Å². The molecule has 1 aromatic heterocycles. The molecule has 148 valence electrons. The third-order valence-corrected chi connectivity index (χ3v) is 4.93. The first kappa shape index (κ1) is 20.2. The van der Waals surface area contributed by atoms with Gasteiger partial charge >= 0.3 is 11.5 Å². The molecule has 0 aliphatic carbocycles. The van der Waals surface area contributed by atoms with E-state index in [-0.39, 0.29) is 35.4 Å². The number of halogens is 3. The fraction of sp³-hybridized carbons (Fsp3) is 0.278. The van der Waals surface area contributed by atoms with Gasteiger partial charge in [0.2, 0.25) is 0 Å². The molecule has 3 amide bonds. The number of alkyl halides is 3. The Morgan fingerprint density at radius 1 is 1.21 bits per heavy atom. The second-order valence-electron chi connectivity index (χ2n) is 6.43. The lowest BCUT2D eigenvalue weighted by atomic mass is 9.93. The number of aliphatic hydroxyl groups excluding tert-OH is 1. The van der Waals surface area contributed by atoms with Crippen LogP contribution in [0.2, 0.25) is 0 Å². The minimum Gasteiger partial charge on any atom is -0.390 e. The molecule has 2 aromatic rings. The van der Waals surface area contributed by atoms with Crippen LogP contribution in [0.15, 0.2) is 47.5 Å². The zero-order valence-corrected chi connectivity index (χ0v) is 15.5. The Bertz CT molecular complexity index is 905. The molecule has 10 heteroatoms. The number of rotatable bonds is 5. The standard InChI is InChI=1S/C18H16F3N3O3S/c1-17(9-11-6-7-22-12(8-11)10-25)15(26)24(16(27)23-17)13-2-4-14(5-3-13)28-18(19,20)21/h2-8,25H,9-10H2,1H3,(H,23,27). The number of nitrogens with zero attached hydrogens (tertiary/aromatic N) is 2. The summed E-state index contributed by atoms with van der Waals surface area (Å²) in [5.41, 5.74) is -4.33. The van der Waals surface area contributed by atoms with Gasteiger partial charge in [-0.3, -0.25) is 9.78 Å². The monoisotopic (exact) mass is 411 g/mol. The second-order valence-corrected chi connectivity index (χ2v) is 7.57. The summed E-state index contributed by atoms with van der Waals surface area (Å²) in [6.07, 6.45) is 1.67. The predicted octanol–water partition coefficient (Wildman–Crippen LogP) is 3.24. The molecule has 0 radical (unpaired) electrons. The SMILES string of the molecule is CC1(Cc2ccnc(CO)c2)NC(=O)N(c2ccc(SC(F)(F)F)cc2)C1=O. The first-order valence-electron chi connectivity index (χ1n) is 8.18. The number of carbonyl (C=O) groups excluding carboxylic acids is 2. The summed E-state index contributed by atoms with van der Waals surface area (Å²) < 4.78 is 37.3. The van der Waals surface area contributed by atoms with E-state index in [1.165, 1.54) is 30.5 Å². The van der Waals surface area contributed by atoms with Gasteiger partial charge in [-0.2, -0.15) is 13.2 Å². The number of aliphatic hydroxyl groups is 1. The average molecular weight is 411 g/mol. The molecular formula is C18H16F3N3O3S. The van der Waals surface area contributed by atoms with Gasteiger partial charge in [-0.05, 0) is 60.6 Å². The minimum atomic E-state index is -4.42. The summed E-state index contributed by atoms with van der Waals surface area (Å²) in [4.78, 5) is 30.1. The number of aromatic nitrogens is 1. The maximum atomic E-state index is 12.9. The van der Waals surface area contributed by atoms with Crippen LogP contribution in [0.4, 0.5) is 23.7 Å². The maximum absolute atomic E-state index is 12.9. The lowest BCUT2D eigenvalue weighted by Gasteiger charge is -2.22. The zero-order valence-electron chi connectivity index (χ0n) is 14.7. The molecule has 1 saturated heterocycles. The highest BCUT2D eigenvalue weighted by atomic mass is 32.2. The van der Waals surface area contributed by atoms with Gasteiger partial charge in [0, 0.05) is 17.5 Å². The van der Waals surface area contributed by atoms with Gasteiger partial charge in [0.25, 0.3) is 5.91 Å². The largest absolute Gasteiger partial charge is 0.446 e. The number of pyridine rings is 1. The molecule has 1 aliphatic heterocycles. The van der Waals surface area contributed by atoms with Crippen molar-refractivity contribution in [3.05, 3.63) is 53.9 Å². The average Bonchev–Trinajstić information content (AvgIpc) is 2.83. The number of amides is 3. The van der Waals surface area contributed by atoms with Crippen molar-refractivity contribution in [1.29, 1.82) is 0 Å². The van der Waals surface area contributed by atoms with Crippen LogP contribution in [0, 0.1) is 0 Å². The summed E-state index contributed by atoms with van der Waals surface area (Å²) in [6, 6.07) is 7.67. The van der Waals surface area contributed by atoms with E-state index in [0.29, 0.717) is 11.3 Å². The lowest BCUT2D eigenvalue weighted by molar-refractivity contribution is -0.121. The zero-order chi connectivity index (χ0) is 20.5.